The lowest BCUT2D eigenvalue weighted by Crippen LogP contribution is -2.65. The zero-order chi connectivity index (χ0) is 24.1. The van der Waals surface area contributed by atoms with Gasteiger partial charge < -0.3 is 23.4 Å². The molecule has 1 aromatic carbocycles. The van der Waals surface area contributed by atoms with Crippen molar-refractivity contribution in [2.75, 3.05) is 6.61 Å². The average molecular weight is 475 g/mol. The smallest absolute Gasteiger partial charge is 0.192 e. The summed E-state index contributed by atoms with van der Waals surface area (Å²) in [6.07, 6.45) is 6.10. The lowest BCUT2D eigenvalue weighted by atomic mass is 9.86. The van der Waals surface area contributed by atoms with E-state index in [1.165, 1.54) is 5.56 Å². The Balaban J connectivity index is 1.47. The van der Waals surface area contributed by atoms with Crippen molar-refractivity contribution in [2.45, 2.75) is 114 Å². The quantitative estimate of drug-likeness (QED) is 0.377. The van der Waals surface area contributed by atoms with Crippen LogP contribution in [0.2, 0.25) is 18.1 Å². The summed E-state index contributed by atoms with van der Waals surface area (Å²) in [5.74, 6) is -0.602. The number of hydrogen-bond acceptors (Lipinski definition) is 5. The van der Waals surface area contributed by atoms with Crippen LogP contribution in [0.4, 0.5) is 0 Å². The van der Waals surface area contributed by atoms with Crippen molar-refractivity contribution in [3.63, 3.8) is 0 Å². The summed E-state index contributed by atoms with van der Waals surface area (Å²) in [5, 5.41) is 0.130. The summed E-state index contributed by atoms with van der Waals surface area (Å²) in [6, 6.07) is 10.3. The molecule has 0 bridgehead atoms. The first kappa shape index (κ1) is 25.1. The molecule has 3 fully saturated rings. The molecule has 0 amide bonds. The second-order valence-corrected chi connectivity index (χ2v) is 16.8. The van der Waals surface area contributed by atoms with Crippen molar-refractivity contribution in [3.05, 3.63) is 42.0 Å². The Morgan fingerprint density at radius 1 is 1.06 bits per heavy atom. The molecule has 3 aliphatic rings. The fraction of sp³-hybridized carbons (Fsp3) is 0.704. The highest BCUT2D eigenvalue weighted by Gasteiger charge is 2.55. The van der Waals surface area contributed by atoms with E-state index in [1.54, 1.807) is 0 Å². The summed E-state index contributed by atoms with van der Waals surface area (Å²) in [6.45, 7) is 18.1. The van der Waals surface area contributed by atoms with E-state index in [-0.39, 0.29) is 35.6 Å². The van der Waals surface area contributed by atoms with Crippen molar-refractivity contribution in [1.29, 1.82) is 0 Å². The van der Waals surface area contributed by atoms with Crippen LogP contribution in [0.25, 0.3) is 6.08 Å². The molecule has 0 N–H and O–H groups in total. The first-order valence-electron chi connectivity index (χ1n) is 12.3. The molecule has 3 heterocycles. The Morgan fingerprint density at radius 2 is 1.76 bits per heavy atom. The predicted molar refractivity (Wildman–Crippen MR) is 134 cm³/mol. The van der Waals surface area contributed by atoms with Gasteiger partial charge in [0.25, 0.3) is 0 Å². The van der Waals surface area contributed by atoms with Gasteiger partial charge in [0.1, 0.15) is 11.7 Å². The minimum atomic E-state index is -1.98. The maximum absolute atomic E-state index is 6.93. The number of epoxide rings is 1. The van der Waals surface area contributed by atoms with E-state index in [4.69, 9.17) is 23.4 Å². The van der Waals surface area contributed by atoms with Gasteiger partial charge in [0.05, 0.1) is 31.0 Å². The molecule has 5 nitrogen and oxygen atoms in total. The molecule has 4 rings (SSSR count). The minimum Gasteiger partial charge on any atom is -0.411 e. The van der Waals surface area contributed by atoms with Crippen LogP contribution < -0.4 is 0 Å². The van der Waals surface area contributed by atoms with Crippen molar-refractivity contribution in [1.82, 2.24) is 0 Å². The zero-order valence-corrected chi connectivity index (χ0v) is 22.6. The highest BCUT2D eigenvalue weighted by Crippen LogP contribution is 2.45. The van der Waals surface area contributed by atoms with E-state index in [0.29, 0.717) is 6.61 Å². The number of benzene rings is 1. The van der Waals surface area contributed by atoms with E-state index in [2.05, 4.69) is 77.2 Å². The van der Waals surface area contributed by atoms with Gasteiger partial charge in [-0.15, -0.1) is 0 Å². The molecule has 1 aromatic rings. The van der Waals surface area contributed by atoms with Crippen molar-refractivity contribution >= 4 is 14.4 Å². The van der Waals surface area contributed by atoms with Gasteiger partial charge in [-0.2, -0.15) is 0 Å². The number of hydrogen-bond donors (Lipinski definition) is 0. The molecule has 0 aliphatic carbocycles. The lowest BCUT2D eigenvalue weighted by Gasteiger charge is -2.54. The molecule has 0 aromatic heterocycles. The normalized spacial score (nSPS) is 36.5. The van der Waals surface area contributed by atoms with E-state index in [0.717, 1.165) is 12.8 Å². The third-order valence-corrected chi connectivity index (χ3v) is 12.2. The summed E-state index contributed by atoms with van der Waals surface area (Å²) < 4.78 is 32.0. The molecule has 0 unspecified atom stereocenters. The van der Waals surface area contributed by atoms with Gasteiger partial charge in [-0.3, -0.25) is 0 Å². The summed E-state index contributed by atoms with van der Waals surface area (Å²) >= 11 is 0. The lowest BCUT2D eigenvalue weighted by molar-refractivity contribution is -0.366. The highest BCUT2D eigenvalue weighted by atomic mass is 28.4. The van der Waals surface area contributed by atoms with Crippen LogP contribution in [-0.4, -0.2) is 56.8 Å². The monoisotopic (exact) mass is 474 g/mol. The number of rotatable bonds is 6. The maximum atomic E-state index is 6.93. The van der Waals surface area contributed by atoms with E-state index in [1.807, 2.05) is 19.9 Å². The molecular weight excluding hydrogens is 432 g/mol. The summed E-state index contributed by atoms with van der Waals surface area (Å²) in [5.41, 5.74) is 0.715. The highest BCUT2D eigenvalue weighted by molar-refractivity contribution is 6.74. The molecule has 3 aliphatic heterocycles. The maximum Gasteiger partial charge on any atom is 0.192 e. The van der Waals surface area contributed by atoms with Crippen molar-refractivity contribution < 1.29 is 23.4 Å². The fourth-order valence-electron chi connectivity index (χ4n) is 4.50. The van der Waals surface area contributed by atoms with Crippen LogP contribution in [0, 0.1) is 0 Å². The topological polar surface area (TPSA) is 49.5 Å². The van der Waals surface area contributed by atoms with Gasteiger partial charge in [-0.25, -0.2) is 0 Å². The molecule has 6 atom stereocenters. The third-order valence-electron chi connectivity index (χ3n) is 7.71. The van der Waals surface area contributed by atoms with E-state index >= 15 is 0 Å². The minimum absolute atomic E-state index is 0.0131. The Morgan fingerprint density at radius 3 is 2.42 bits per heavy atom. The second kappa shape index (κ2) is 8.88. The van der Waals surface area contributed by atoms with Crippen molar-refractivity contribution in [2.24, 2.45) is 0 Å². The van der Waals surface area contributed by atoms with Gasteiger partial charge in [0, 0.05) is 12.8 Å². The fourth-order valence-corrected chi connectivity index (χ4v) is 5.86. The number of ether oxygens (including phenoxy) is 4. The molecule has 6 heteroatoms. The molecular formula is C27H42O5Si. The Hall–Kier alpha value is -1.02. The predicted octanol–water partition coefficient (Wildman–Crippen LogP) is 5.95. The van der Waals surface area contributed by atoms with Crippen molar-refractivity contribution in [3.8, 4) is 0 Å². The van der Waals surface area contributed by atoms with Crippen LogP contribution in [0.3, 0.4) is 0 Å². The van der Waals surface area contributed by atoms with Crippen LogP contribution >= 0.6 is 0 Å². The van der Waals surface area contributed by atoms with E-state index < -0.39 is 19.7 Å². The zero-order valence-electron chi connectivity index (χ0n) is 21.6. The van der Waals surface area contributed by atoms with Gasteiger partial charge in [-0.05, 0) is 44.5 Å². The van der Waals surface area contributed by atoms with Gasteiger partial charge in [0.2, 0.25) is 0 Å². The summed E-state index contributed by atoms with van der Waals surface area (Å²) in [7, 11) is -1.98. The first-order valence-corrected chi connectivity index (χ1v) is 15.2. The molecule has 0 saturated carbocycles. The summed E-state index contributed by atoms with van der Waals surface area (Å²) in [4.78, 5) is 0. The van der Waals surface area contributed by atoms with Gasteiger partial charge >= 0.3 is 0 Å². The molecule has 33 heavy (non-hydrogen) atoms. The molecule has 184 valence electrons. The van der Waals surface area contributed by atoms with Gasteiger partial charge in [-0.1, -0.05) is 63.3 Å². The van der Waals surface area contributed by atoms with Crippen LogP contribution in [-0.2, 0) is 23.4 Å². The van der Waals surface area contributed by atoms with Crippen LogP contribution in [0.15, 0.2) is 36.4 Å². The van der Waals surface area contributed by atoms with Crippen LogP contribution in [0.1, 0.15) is 59.9 Å². The first-order chi connectivity index (χ1) is 15.3. The largest absolute Gasteiger partial charge is 0.411 e. The Bertz CT molecular complexity index is 846. The molecule has 0 spiro atoms. The van der Waals surface area contributed by atoms with Gasteiger partial charge in [0.15, 0.2) is 14.1 Å². The third kappa shape index (κ3) is 5.80. The van der Waals surface area contributed by atoms with Crippen LogP contribution in [0.5, 0.6) is 0 Å². The second-order valence-electron chi connectivity index (χ2n) is 12.1. The molecule has 0 radical (unpaired) electrons. The Labute approximate surface area is 200 Å². The average Bonchev–Trinajstić information content (AvgIpc) is 3.45. The Kier molecular flexibility index (Phi) is 6.75. The number of fused-ring (bicyclic) bond motifs is 1. The standard InChI is InChI=1S/C27H42O5Si/c1-25(2,3)33(7,8)32-23-17-24-27(6,18-28-26(4,5)31-24)30-22(23)16-21-20(29-21)15-14-19-12-10-9-11-13-19/h9-15,20-24H,16-18H2,1-8H3/b15-14+/t20-,21-,22+,23-,24+,27-/m0/s1. The SMILES string of the molecule is CC1(C)OC[C@]2(C)O[C@H](C[C@@H]3O[C@H]3/C=C/c3ccccc3)[C@@H](O[Si](C)(C)C(C)(C)C)C[C@H]2O1. The van der Waals surface area contributed by atoms with E-state index in [9.17, 15) is 0 Å². The molecule has 3 saturated heterocycles.